The van der Waals surface area contributed by atoms with Crippen molar-refractivity contribution in [1.82, 2.24) is 9.88 Å². The number of hydrogen-bond donors (Lipinski definition) is 3. The summed E-state index contributed by atoms with van der Waals surface area (Å²) in [5.41, 5.74) is 0.237. The van der Waals surface area contributed by atoms with Crippen molar-refractivity contribution in [3.8, 4) is 0 Å². The number of aryl methyl sites for hydroxylation is 1. The molecule has 21 heavy (non-hydrogen) atoms. The van der Waals surface area contributed by atoms with Gasteiger partial charge in [-0.3, -0.25) is 4.79 Å². The average Bonchev–Trinajstić information content (AvgIpc) is 2.81. The Kier molecular flexibility index (Phi) is 4.70. The normalized spacial score (nSPS) is 23.0. The predicted molar refractivity (Wildman–Crippen MR) is 77.1 cm³/mol. The van der Waals surface area contributed by atoms with E-state index in [1.54, 1.807) is 7.05 Å². The summed E-state index contributed by atoms with van der Waals surface area (Å²) in [5, 5.41) is 17.3. The minimum Gasteiger partial charge on any atom is -0.396 e. The second-order valence-corrected chi connectivity index (χ2v) is 7.09. The third-order valence-corrected chi connectivity index (χ3v) is 4.88. The number of rotatable bonds is 4. The molecule has 1 saturated carbocycles. The monoisotopic (exact) mass is 315 g/mol. The summed E-state index contributed by atoms with van der Waals surface area (Å²) < 4.78 is 24.1. The van der Waals surface area contributed by atoms with E-state index in [2.05, 4.69) is 5.32 Å². The van der Waals surface area contributed by atoms with Gasteiger partial charge in [-0.05, 0) is 18.9 Å². The zero-order valence-corrected chi connectivity index (χ0v) is 12.8. The molecule has 2 atom stereocenters. The summed E-state index contributed by atoms with van der Waals surface area (Å²) in [6.45, 7) is 0.0422. The Morgan fingerprint density at radius 1 is 1.48 bits per heavy atom. The molecule has 2 unspecified atom stereocenters. The van der Waals surface area contributed by atoms with E-state index in [0.29, 0.717) is 0 Å². The lowest BCUT2D eigenvalue weighted by Gasteiger charge is -2.30. The molecule has 0 aliphatic heterocycles. The van der Waals surface area contributed by atoms with Gasteiger partial charge in [0.15, 0.2) is 0 Å². The Hall–Kier alpha value is -1.38. The molecule has 1 fully saturated rings. The van der Waals surface area contributed by atoms with Crippen LogP contribution in [0.2, 0.25) is 0 Å². The number of aromatic nitrogens is 1. The van der Waals surface area contributed by atoms with E-state index in [1.165, 1.54) is 16.8 Å². The van der Waals surface area contributed by atoms with Crippen molar-refractivity contribution in [2.45, 2.75) is 36.6 Å². The number of primary sulfonamides is 1. The second kappa shape index (κ2) is 6.17. The molecule has 1 aliphatic rings. The summed E-state index contributed by atoms with van der Waals surface area (Å²) in [6, 6.07) is 1.19. The highest BCUT2D eigenvalue weighted by Gasteiger charge is 2.27. The van der Waals surface area contributed by atoms with Crippen LogP contribution in [-0.2, 0) is 17.1 Å². The van der Waals surface area contributed by atoms with Crippen LogP contribution in [0.3, 0.4) is 0 Å². The van der Waals surface area contributed by atoms with Crippen LogP contribution in [-0.4, -0.2) is 36.6 Å². The topological polar surface area (TPSA) is 114 Å². The molecule has 1 aromatic rings. The fraction of sp³-hybridized carbons (Fsp3) is 0.615. The number of sulfonamides is 1. The van der Waals surface area contributed by atoms with Gasteiger partial charge in [0.1, 0.15) is 10.6 Å². The van der Waals surface area contributed by atoms with Crippen molar-refractivity contribution in [3.05, 3.63) is 18.0 Å². The lowest BCUT2D eigenvalue weighted by Crippen LogP contribution is -2.43. The molecule has 8 heteroatoms. The van der Waals surface area contributed by atoms with Crippen LogP contribution in [0.25, 0.3) is 0 Å². The number of nitrogens with zero attached hydrogens (tertiary/aromatic N) is 1. The molecule has 7 nitrogen and oxygen atoms in total. The molecule has 118 valence electrons. The number of hydrogen-bond acceptors (Lipinski definition) is 4. The minimum absolute atomic E-state index is 0.0422. The summed E-state index contributed by atoms with van der Waals surface area (Å²) in [5.74, 6) is -0.293. The van der Waals surface area contributed by atoms with Gasteiger partial charge in [0.2, 0.25) is 10.0 Å². The Morgan fingerprint density at radius 2 is 2.14 bits per heavy atom. The summed E-state index contributed by atoms with van der Waals surface area (Å²) in [4.78, 5) is 12.2. The third-order valence-electron chi connectivity index (χ3n) is 4.00. The van der Waals surface area contributed by atoms with Crippen LogP contribution in [0.15, 0.2) is 17.2 Å². The maximum Gasteiger partial charge on any atom is 0.268 e. The quantitative estimate of drug-likeness (QED) is 0.723. The fourth-order valence-electron chi connectivity index (χ4n) is 2.77. The Balaban J connectivity index is 2.15. The minimum atomic E-state index is -3.83. The number of aliphatic hydroxyl groups excluding tert-OH is 1. The van der Waals surface area contributed by atoms with Gasteiger partial charge in [0.05, 0.1) is 0 Å². The van der Waals surface area contributed by atoms with E-state index >= 15 is 0 Å². The largest absolute Gasteiger partial charge is 0.396 e. The van der Waals surface area contributed by atoms with Gasteiger partial charge in [-0.15, -0.1) is 0 Å². The van der Waals surface area contributed by atoms with E-state index in [9.17, 15) is 18.3 Å². The van der Waals surface area contributed by atoms with E-state index in [4.69, 9.17) is 5.14 Å². The summed E-state index contributed by atoms with van der Waals surface area (Å²) >= 11 is 0. The Labute approximate surface area is 124 Å². The third kappa shape index (κ3) is 3.63. The molecular formula is C13H21N3O4S. The van der Waals surface area contributed by atoms with Gasteiger partial charge in [-0.1, -0.05) is 12.8 Å². The molecule has 0 aromatic carbocycles. The van der Waals surface area contributed by atoms with Gasteiger partial charge in [-0.2, -0.15) is 0 Å². The maximum atomic E-state index is 12.3. The Bertz CT molecular complexity index is 623. The fourth-order valence-corrected chi connectivity index (χ4v) is 3.36. The smallest absolute Gasteiger partial charge is 0.268 e. The molecule has 0 saturated heterocycles. The lowest BCUT2D eigenvalue weighted by molar-refractivity contribution is 0.0864. The van der Waals surface area contributed by atoms with Gasteiger partial charge in [-0.25, -0.2) is 13.6 Å². The number of nitrogens with two attached hydrogens (primary N) is 1. The lowest BCUT2D eigenvalue weighted by atomic mass is 9.85. The zero-order valence-electron chi connectivity index (χ0n) is 11.9. The van der Waals surface area contributed by atoms with Crippen LogP contribution in [0.4, 0.5) is 0 Å². The van der Waals surface area contributed by atoms with Crippen molar-refractivity contribution in [1.29, 1.82) is 0 Å². The van der Waals surface area contributed by atoms with Gasteiger partial charge in [0.25, 0.3) is 5.91 Å². The SMILES string of the molecule is Cn1cc(S(N)(=O)=O)cc1C(=O)NC1CCCCC1CO. The molecule has 0 bridgehead atoms. The summed E-state index contributed by atoms with van der Waals surface area (Å²) in [6.07, 6.45) is 5.09. The van der Waals surface area contributed by atoms with E-state index in [0.717, 1.165) is 25.7 Å². The van der Waals surface area contributed by atoms with Crippen molar-refractivity contribution in [2.75, 3.05) is 6.61 Å². The van der Waals surface area contributed by atoms with Gasteiger partial charge >= 0.3 is 0 Å². The summed E-state index contributed by atoms with van der Waals surface area (Å²) in [7, 11) is -2.24. The van der Waals surface area contributed by atoms with Crippen molar-refractivity contribution in [3.63, 3.8) is 0 Å². The van der Waals surface area contributed by atoms with Gasteiger partial charge in [0, 0.05) is 31.8 Å². The van der Waals surface area contributed by atoms with E-state index in [-0.39, 0.29) is 35.1 Å². The molecule has 4 N–H and O–H groups in total. The van der Waals surface area contributed by atoms with Crippen molar-refractivity contribution < 1.29 is 18.3 Å². The first kappa shape index (κ1) is 16.0. The predicted octanol–water partition coefficient (Wildman–Crippen LogP) is -0.0466. The molecule has 2 rings (SSSR count). The van der Waals surface area contributed by atoms with Crippen LogP contribution < -0.4 is 10.5 Å². The highest BCUT2D eigenvalue weighted by atomic mass is 32.2. The average molecular weight is 315 g/mol. The first-order chi connectivity index (χ1) is 9.82. The molecule has 1 heterocycles. The second-order valence-electron chi connectivity index (χ2n) is 5.52. The first-order valence-corrected chi connectivity index (χ1v) is 8.48. The van der Waals surface area contributed by atoms with E-state index < -0.39 is 10.0 Å². The molecule has 1 aromatic heterocycles. The van der Waals surface area contributed by atoms with Crippen LogP contribution in [0.1, 0.15) is 36.2 Å². The highest BCUT2D eigenvalue weighted by molar-refractivity contribution is 7.89. The number of carbonyl (C=O) groups excluding carboxylic acids is 1. The van der Waals surface area contributed by atoms with E-state index in [1.807, 2.05) is 0 Å². The zero-order chi connectivity index (χ0) is 15.6. The molecule has 0 spiro atoms. The number of aliphatic hydroxyl groups is 1. The van der Waals surface area contributed by atoms with Crippen molar-refractivity contribution in [2.24, 2.45) is 18.1 Å². The van der Waals surface area contributed by atoms with Crippen LogP contribution >= 0.6 is 0 Å². The molecule has 0 radical (unpaired) electrons. The maximum absolute atomic E-state index is 12.3. The first-order valence-electron chi connectivity index (χ1n) is 6.94. The van der Waals surface area contributed by atoms with Crippen molar-refractivity contribution >= 4 is 15.9 Å². The standard InChI is InChI=1S/C13H21N3O4S/c1-16-7-10(21(14,19)20)6-12(16)13(18)15-11-5-3-2-4-9(11)8-17/h6-7,9,11,17H,2-5,8H2,1H3,(H,15,18)(H2,14,19,20). The number of carbonyl (C=O) groups is 1. The highest BCUT2D eigenvalue weighted by Crippen LogP contribution is 2.24. The number of nitrogens with one attached hydrogen (secondary N) is 1. The molecule has 1 amide bonds. The molecular weight excluding hydrogens is 294 g/mol. The van der Waals surface area contributed by atoms with Gasteiger partial charge < -0.3 is 15.0 Å². The van der Waals surface area contributed by atoms with Crippen LogP contribution in [0, 0.1) is 5.92 Å². The Morgan fingerprint density at radius 3 is 2.71 bits per heavy atom. The van der Waals surface area contributed by atoms with Crippen LogP contribution in [0.5, 0.6) is 0 Å². The number of amides is 1. The molecule has 1 aliphatic carbocycles.